The summed E-state index contributed by atoms with van der Waals surface area (Å²) in [6.07, 6.45) is 8.26. The van der Waals surface area contributed by atoms with Crippen LogP contribution in [0, 0.1) is 5.92 Å². The Morgan fingerprint density at radius 3 is 2.65 bits per heavy atom. The van der Waals surface area contributed by atoms with Gasteiger partial charge in [-0.05, 0) is 18.8 Å². The van der Waals surface area contributed by atoms with Crippen LogP contribution in [0.25, 0.3) is 0 Å². The zero-order valence-corrected chi connectivity index (χ0v) is 10.7. The third-order valence-corrected chi connectivity index (χ3v) is 3.85. The summed E-state index contributed by atoms with van der Waals surface area (Å²) in [6, 6.07) is 0. The fourth-order valence-electron chi connectivity index (χ4n) is 2.77. The predicted octanol–water partition coefficient (Wildman–Crippen LogP) is 1.60. The molecular formula is C13H25N3O. The van der Waals surface area contributed by atoms with E-state index in [1.54, 1.807) is 0 Å². The van der Waals surface area contributed by atoms with Gasteiger partial charge >= 0.3 is 0 Å². The summed E-state index contributed by atoms with van der Waals surface area (Å²) in [5.41, 5.74) is 5.96. The number of hydrogen-bond donors (Lipinski definition) is 1. The molecule has 0 atom stereocenters. The van der Waals surface area contributed by atoms with Gasteiger partial charge in [0.05, 0.1) is 13.2 Å². The topological polar surface area (TPSA) is 50.8 Å². The van der Waals surface area contributed by atoms with E-state index in [1.165, 1.54) is 38.5 Å². The summed E-state index contributed by atoms with van der Waals surface area (Å²) in [4.78, 5) is 6.60. The van der Waals surface area contributed by atoms with E-state index in [1.807, 2.05) is 0 Å². The molecule has 4 heteroatoms. The maximum Gasteiger partial charge on any atom is 0.191 e. The van der Waals surface area contributed by atoms with Crippen LogP contribution in [-0.4, -0.2) is 43.7 Å². The third kappa shape index (κ3) is 4.19. The molecule has 0 amide bonds. The van der Waals surface area contributed by atoms with Gasteiger partial charge in [0.15, 0.2) is 5.96 Å². The van der Waals surface area contributed by atoms with E-state index in [4.69, 9.17) is 10.5 Å². The first-order valence-electron chi connectivity index (χ1n) is 6.99. The summed E-state index contributed by atoms with van der Waals surface area (Å²) in [7, 11) is 0. The van der Waals surface area contributed by atoms with Crippen molar-refractivity contribution < 1.29 is 4.74 Å². The first-order chi connectivity index (χ1) is 8.36. The van der Waals surface area contributed by atoms with Crippen LogP contribution < -0.4 is 5.73 Å². The van der Waals surface area contributed by atoms with Crippen LogP contribution in [0.4, 0.5) is 0 Å². The van der Waals surface area contributed by atoms with Gasteiger partial charge in [-0.15, -0.1) is 0 Å². The molecule has 0 bridgehead atoms. The van der Waals surface area contributed by atoms with Crippen LogP contribution in [0.3, 0.4) is 0 Å². The van der Waals surface area contributed by atoms with Crippen LogP contribution in [-0.2, 0) is 4.74 Å². The van der Waals surface area contributed by atoms with Gasteiger partial charge in [-0.2, -0.15) is 0 Å². The Morgan fingerprint density at radius 1 is 1.24 bits per heavy atom. The molecule has 0 unspecified atom stereocenters. The van der Waals surface area contributed by atoms with Crippen molar-refractivity contribution in [2.75, 3.05) is 32.8 Å². The quantitative estimate of drug-likeness (QED) is 0.460. The molecule has 98 valence electrons. The molecule has 2 rings (SSSR count). The fourth-order valence-corrected chi connectivity index (χ4v) is 2.77. The number of rotatable bonds is 4. The second-order valence-electron chi connectivity index (χ2n) is 5.13. The SMILES string of the molecule is NC(=NCCCC1CCCC1)N1CCOCC1. The summed E-state index contributed by atoms with van der Waals surface area (Å²) in [6.45, 7) is 4.21. The fraction of sp³-hybridized carbons (Fsp3) is 0.923. The molecule has 17 heavy (non-hydrogen) atoms. The Labute approximate surface area is 104 Å². The molecule has 1 saturated carbocycles. The summed E-state index contributed by atoms with van der Waals surface area (Å²) >= 11 is 0. The monoisotopic (exact) mass is 239 g/mol. The summed E-state index contributed by atoms with van der Waals surface area (Å²) in [5.74, 6) is 1.68. The van der Waals surface area contributed by atoms with Crippen molar-refractivity contribution in [3.63, 3.8) is 0 Å². The number of ether oxygens (including phenoxy) is 1. The van der Waals surface area contributed by atoms with Crippen molar-refractivity contribution in [3.05, 3.63) is 0 Å². The lowest BCUT2D eigenvalue weighted by atomic mass is 10.0. The minimum absolute atomic E-state index is 0.708. The summed E-state index contributed by atoms with van der Waals surface area (Å²) in [5, 5.41) is 0. The molecule has 2 aliphatic rings. The van der Waals surface area contributed by atoms with Crippen molar-refractivity contribution in [2.24, 2.45) is 16.6 Å². The molecule has 0 aromatic rings. The van der Waals surface area contributed by atoms with E-state index in [0.29, 0.717) is 5.96 Å². The van der Waals surface area contributed by atoms with Gasteiger partial charge in [0.25, 0.3) is 0 Å². The lowest BCUT2D eigenvalue weighted by molar-refractivity contribution is 0.0674. The highest BCUT2D eigenvalue weighted by Gasteiger charge is 2.14. The second kappa shape index (κ2) is 6.84. The van der Waals surface area contributed by atoms with E-state index in [0.717, 1.165) is 38.8 Å². The van der Waals surface area contributed by atoms with Crippen molar-refractivity contribution >= 4 is 5.96 Å². The van der Waals surface area contributed by atoms with Gasteiger partial charge in [0, 0.05) is 19.6 Å². The van der Waals surface area contributed by atoms with Crippen molar-refractivity contribution in [3.8, 4) is 0 Å². The average molecular weight is 239 g/mol. The smallest absolute Gasteiger partial charge is 0.191 e. The molecule has 4 nitrogen and oxygen atoms in total. The maximum atomic E-state index is 5.96. The second-order valence-corrected chi connectivity index (χ2v) is 5.13. The molecule has 2 fully saturated rings. The molecule has 2 N–H and O–H groups in total. The molecule has 0 spiro atoms. The first-order valence-corrected chi connectivity index (χ1v) is 6.99. The number of nitrogens with zero attached hydrogens (tertiary/aromatic N) is 2. The standard InChI is InChI=1S/C13H25N3O/c14-13(16-8-10-17-11-9-16)15-7-3-6-12-4-1-2-5-12/h12H,1-11H2,(H2,14,15). The molecule has 0 aromatic heterocycles. The minimum atomic E-state index is 0.708. The lowest BCUT2D eigenvalue weighted by Crippen LogP contribution is -2.44. The largest absolute Gasteiger partial charge is 0.378 e. The Balaban J connectivity index is 1.61. The van der Waals surface area contributed by atoms with Crippen LogP contribution in [0.2, 0.25) is 0 Å². The van der Waals surface area contributed by atoms with Gasteiger partial charge in [0.2, 0.25) is 0 Å². The Morgan fingerprint density at radius 2 is 1.94 bits per heavy atom. The molecule has 1 aliphatic carbocycles. The number of nitrogens with two attached hydrogens (primary N) is 1. The van der Waals surface area contributed by atoms with Crippen molar-refractivity contribution in [2.45, 2.75) is 38.5 Å². The highest BCUT2D eigenvalue weighted by Crippen LogP contribution is 2.28. The molecule has 1 aliphatic heterocycles. The Hall–Kier alpha value is -0.770. The van der Waals surface area contributed by atoms with Crippen LogP contribution >= 0.6 is 0 Å². The normalized spacial score (nSPS) is 23.3. The van der Waals surface area contributed by atoms with Crippen LogP contribution in [0.15, 0.2) is 4.99 Å². The average Bonchev–Trinajstić information content (AvgIpc) is 2.88. The third-order valence-electron chi connectivity index (χ3n) is 3.85. The van der Waals surface area contributed by atoms with E-state index < -0.39 is 0 Å². The molecule has 0 radical (unpaired) electrons. The minimum Gasteiger partial charge on any atom is -0.378 e. The molecule has 1 heterocycles. The van der Waals surface area contributed by atoms with Crippen LogP contribution in [0.5, 0.6) is 0 Å². The highest BCUT2D eigenvalue weighted by molar-refractivity contribution is 5.78. The number of morpholine rings is 1. The number of hydrogen-bond acceptors (Lipinski definition) is 2. The van der Waals surface area contributed by atoms with E-state index in [9.17, 15) is 0 Å². The van der Waals surface area contributed by atoms with Gasteiger partial charge in [-0.25, -0.2) is 0 Å². The molecular weight excluding hydrogens is 214 g/mol. The highest BCUT2D eigenvalue weighted by atomic mass is 16.5. The predicted molar refractivity (Wildman–Crippen MR) is 70.1 cm³/mol. The van der Waals surface area contributed by atoms with E-state index in [-0.39, 0.29) is 0 Å². The van der Waals surface area contributed by atoms with Crippen molar-refractivity contribution in [1.82, 2.24) is 4.90 Å². The molecule has 1 saturated heterocycles. The number of aliphatic imine (C=N–C) groups is 1. The van der Waals surface area contributed by atoms with Gasteiger partial charge in [-0.3, -0.25) is 4.99 Å². The Kier molecular flexibility index (Phi) is 5.10. The molecule has 0 aromatic carbocycles. The number of guanidine groups is 1. The first kappa shape index (κ1) is 12.7. The van der Waals surface area contributed by atoms with Crippen molar-refractivity contribution in [1.29, 1.82) is 0 Å². The van der Waals surface area contributed by atoms with Gasteiger partial charge in [-0.1, -0.05) is 25.7 Å². The maximum absolute atomic E-state index is 5.96. The zero-order valence-electron chi connectivity index (χ0n) is 10.7. The van der Waals surface area contributed by atoms with E-state index in [2.05, 4.69) is 9.89 Å². The van der Waals surface area contributed by atoms with Gasteiger partial charge in [0.1, 0.15) is 0 Å². The lowest BCUT2D eigenvalue weighted by Gasteiger charge is -2.27. The van der Waals surface area contributed by atoms with Gasteiger partial charge < -0.3 is 15.4 Å². The Bertz CT molecular complexity index is 243. The zero-order chi connectivity index (χ0) is 11.9. The summed E-state index contributed by atoms with van der Waals surface area (Å²) < 4.78 is 5.29. The van der Waals surface area contributed by atoms with Crippen LogP contribution in [0.1, 0.15) is 38.5 Å². The van der Waals surface area contributed by atoms with E-state index >= 15 is 0 Å².